The minimum absolute atomic E-state index is 0.295. The van der Waals surface area contributed by atoms with Gasteiger partial charge in [0, 0.05) is 25.4 Å². The van der Waals surface area contributed by atoms with E-state index in [1.54, 1.807) is 0 Å². The topological polar surface area (TPSA) is 56.7 Å². The highest BCUT2D eigenvalue weighted by atomic mass is 15.3. The third kappa shape index (κ3) is 2.61. The lowest BCUT2D eigenvalue weighted by Gasteiger charge is -2.20. The molecule has 16 heavy (non-hydrogen) atoms. The Balaban J connectivity index is 1.95. The van der Waals surface area contributed by atoms with Crippen molar-refractivity contribution in [2.24, 2.45) is 11.7 Å². The van der Waals surface area contributed by atoms with Gasteiger partial charge in [0.15, 0.2) is 0 Å². The van der Waals surface area contributed by atoms with Gasteiger partial charge in [-0.2, -0.15) is 0 Å². The zero-order valence-corrected chi connectivity index (χ0v) is 10.3. The fraction of sp³-hybridized carbons (Fsp3) is 0.833. The van der Waals surface area contributed by atoms with Crippen molar-refractivity contribution in [3.05, 3.63) is 11.6 Å². The summed E-state index contributed by atoms with van der Waals surface area (Å²) in [5.74, 6) is 3.09. The molecule has 2 N–H and O–H groups in total. The number of aromatic nitrogens is 3. The molecule has 0 saturated heterocycles. The van der Waals surface area contributed by atoms with Gasteiger partial charge in [-0.05, 0) is 32.1 Å². The number of nitrogens with two attached hydrogens (primary N) is 1. The van der Waals surface area contributed by atoms with Crippen LogP contribution in [0.4, 0.5) is 0 Å². The van der Waals surface area contributed by atoms with Gasteiger partial charge in [0.2, 0.25) is 0 Å². The van der Waals surface area contributed by atoms with E-state index < -0.39 is 0 Å². The van der Waals surface area contributed by atoms with Crippen LogP contribution < -0.4 is 5.73 Å². The van der Waals surface area contributed by atoms with E-state index >= 15 is 0 Å². The Hall–Kier alpha value is -0.900. The minimum atomic E-state index is 0.295. The van der Waals surface area contributed by atoms with E-state index in [9.17, 15) is 0 Å². The largest absolute Gasteiger partial charge is 0.328 e. The van der Waals surface area contributed by atoms with Crippen LogP contribution in [0.25, 0.3) is 0 Å². The average Bonchev–Trinajstić information content (AvgIpc) is 2.60. The first-order valence-electron chi connectivity index (χ1n) is 6.33. The summed E-state index contributed by atoms with van der Waals surface area (Å²) in [4.78, 5) is 0. The lowest BCUT2D eigenvalue weighted by molar-refractivity contribution is 0.401. The van der Waals surface area contributed by atoms with E-state index in [0.29, 0.717) is 6.04 Å². The monoisotopic (exact) mass is 222 g/mol. The molecule has 1 aromatic heterocycles. The molecule has 0 radical (unpaired) electrons. The van der Waals surface area contributed by atoms with Crippen molar-refractivity contribution in [1.29, 1.82) is 0 Å². The second-order valence-electron chi connectivity index (χ2n) is 5.15. The first-order chi connectivity index (χ1) is 7.66. The van der Waals surface area contributed by atoms with Gasteiger partial charge in [0.25, 0.3) is 0 Å². The molecule has 4 heteroatoms. The van der Waals surface area contributed by atoms with Gasteiger partial charge in [0.1, 0.15) is 11.6 Å². The van der Waals surface area contributed by atoms with Crippen LogP contribution in [0.1, 0.15) is 44.8 Å². The molecule has 0 fully saturated rings. The molecule has 0 saturated carbocycles. The highest BCUT2D eigenvalue weighted by Gasteiger charge is 2.19. The molecular weight excluding hydrogens is 200 g/mol. The SMILES string of the molecule is CC(N)CCCc1nnc2n1CCC(C)C2. The molecular formula is C12H22N4. The smallest absolute Gasteiger partial charge is 0.133 e. The van der Waals surface area contributed by atoms with Crippen LogP contribution in [0.15, 0.2) is 0 Å². The zero-order valence-electron chi connectivity index (χ0n) is 10.3. The maximum absolute atomic E-state index is 5.75. The molecule has 1 aliphatic rings. The van der Waals surface area contributed by atoms with Crippen LogP contribution in [0.5, 0.6) is 0 Å². The summed E-state index contributed by atoms with van der Waals surface area (Å²) in [5.41, 5.74) is 5.75. The highest BCUT2D eigenvalue weighted by Crippen LogP contribution is 2.20. The van der Waals surface area contributed by atoms with Crippen molar-refractivity contribution >= 4 is 0 Å². The van der Waals surface area contributed by atoms with E-state index in [4.69, 9.17) is 5.73 Å². The van der Waals surface area contributed by atoms with Crippen molar-refractivity contribution in [2.45, 2.75) is 58.5 Å². The molecule has 1 aliphatic heterocycles. The molecule has 2 unspecified atom stereocenters. The van der Waals surface area contributed by atoms with E-state index in [2.05, 4.69) is 28.6 Å². The fourth-order valence-electron chi connectivity index (χ4n) is 2.31. The summed E-state index contributed by atoms with van der Waals surface area (Å²) in [5, 5.41) is 8.59. The van der Waals surface area contributed by atoms with Crippen LogP contribution in [0.3, 0.4) is 0 Å². The van der Waals surface area contributed by atoms with Crippen LogP contribution in [-0.2, 0) is 19.4 Å². The van der Waals surface area contributed by atoms with Crippen molar-refractivity contribution in [3.8, 4) is 0 Å². The van der Waals surface area contributed by atoms with Crippen molar-refractivity contribution in [2.75, 3.05) is 0 Å². The molecule has 0 aromatic carbocycles. The Morgan fingerprint density at radius 3 is 3.06 bits per heavy atom. The number of aryl methyl sites for hydroxylation is 1. The van der Waals surface area contributed by atoms with Crippen LogP contribution in [-0.4, -0.2) is 20.8 Å². The summed E-state index contributed by atoms with van der Waals surface area (Å²) in [6.07, 6.45) is 5.54. The van der Waals surface area contributed by atoms with Crippen LogP contribution in [0.2, 0.25) is 0 Å². The number of hydrogen-bond donors (Lipinski definition) is 1. The molecule has 4 nitrogen and oxygen atoms in total. The molecule has 90 valence electrons. The summed E-state index contributed by atoms with van der Waals surface area (Å²) in [7, 11) is 0. The summed E-state index contributed by atoms with van der Waals surface area (Å²) >= 11 is 0. The van der Waals surface area contributed by atoms with Gasteiger partial charge < -0.3 is 10.3 Å². The quantitative estimate of drug-likeness (QED) is 0.840. The van der Waals surface area contributed by atoms with E-state index in [1.165, 1.54) is 12.2 Å². The normalized spacial score (nSPS) is 21.8. The maximum Gasteiger partial charge on any atom is 0.133 e. The zero-order chi connectivity index (χ0) is 11.5. The molecule has 0 aliphatic carbocycles. The van der Waals surface area contributed by atoms with Gasteiger partial charge >= 0.3 is 0 Å². The van der Waals surface area contributed by atoms with Gasteiger partial charge in [-0.25, -0.2) is 0 Å². The van der Waals surface area contributed by atoms with Crippen molar-refractivity contribution in [1.82, 2.24) is 14.8 Å². The third-order valence-corrected chi connectivity index (χ3v) is 3.34. The van der Waals surface area contributed by atoms with E-state index in [0.717, 1.165) is 44.0 Å². The second-order valence-corrected chi connectivity index (χ2v) is 5.15. The second kappa shape index (κ2) is 4.95. The molecule has 1 aromatic rings. The van der Waals surface area contributed by atoms with Gasteiger partial charge in [-0.3, -0.25) is 0 Å². The standard InChI is InChI=1S/C12H22N4/c1-9-6-7-16-11(5-3-4-10(2)13)14-15-12(16)8-9/h9-10H,3-8,13H2,1-2H3. The van der Waals surface area contributed by atoms with Gasteiger partial charge in [0.05, 0.1) is 0 Å². The van der Waals surface area contributed by atoms with Gasteiger partial charge in [-0.1, -0.05) is 6.92 Å². The third-order valence-electron chi connectivity index (χ3n) is 3.34. The maximum atomic E-state index is 5.75. The van der Waals surface area contributed by atoms with E-state index in [1.807, 2.05) is 0 Å². The van der Waals surface area contributed by atoms with Crippen LogP contribution >= 0.6 is 0 Å². The van der Waals surface area contributed by atoms with E-state index in [-0.39, 0.29) is 0 Å². The van der Waals surface area contributed by atoms with Crippen LogP contribution in [0, 0.1) is 5.92 Å². The Morgan fingerprint density at radius 1 is 1.50 bits per heavy atom. The molecule has 2 heterocycles. The minimum Gasteiger partial charge on any atom is -0.328 e. The summed E-state index contributed by atoms with van der Waals surface area (Å²) in [6, 6.07) is 0.295. The number of nitrogens with zero attached hydrogens (tertiary/aromatic N) is 3. The molecule has 0 amide bonds. The predicted octanol–water partition coefficient (Wildman–Crippen LogP) is 1.53. The first-order valence-corrected chi connectivity index (χ1v) is 6.33. The lowest BCUT2D eigenvalue weighted by Crippen LogP contribution is -2.19. The summed E-state index contributed by atoms with van der Waals surface area (Å²) < 4.78 is 2.31. The van der Waals surface area contributed by atoms with Crippen molar-refractivity contribution < 1.29 is 0 Å². The fourth-order valence-corrected chi connectivity index (χ4v) is 2.31. The number of hydrogen-bond acceptors (Lipinski definition) is 3. The average molecular weight is 222 g/mol. The Morgan fingerprint density at radius 2 is 2.31 bits per heavy atom. The molecule has 2 rings (SSSR count). The summed E-state index contributed by atoms with van der Waals surface area (Å²) in [6.45, 7) is 5.44. The highest BCUT2D eigenvalue weighted by molar-refractivity contribution is 5.00. The number of rotatable bonds is 4. The van der Waals surface area contributed by atoms with Gasteiger partial charge in [-0.15, -0.1) is 10.2 Å². The Kier molecular flexibility index (Phi) is 3.59. The molecule has 0 bridgehead atoms. The number of fused-ring (bicyclic) bond motifs is 1. The predicted molar refractivity (Wildman–Crippen MR) is 64.1 cm³/mol. The molecule has 0 spiro atoms. The van der Waals surface area contributed by atoms with Crippen molar-refractivity contribution in [3.63, 3.8) is 0 Å². The Labute approximate surface area is 97.2 Å². The molecule has 2 atom stereocenters. The lowest BCUT2D eigenvalue weighted by atomic mass is 10.0. The Bertz CT molecular complexity index is 343. The first kappa shape index (κ1) is 11.6.